The average molecular weight is 253 g/mol. The second-order valence-corrected chi connectivity index (χ2v) is 4.08. The van der Waals surface area contributed by atoms with Crippen molar-refractivity contribution in [1.29, 1.82) is 0 Å². The molecule has 0 aromatic heterocycles. The molecule has 2 N–H and O–H groups in total. The molecule has 0 bridgehead atoms. The molecule has 96 valence electrons. The fraction of sp³-hybridized carbons (Fsp3) is 0.0625. The summed E-state index contributed by atoms with van der Waals surface area (Å²) < 4.78 is 5.69. The normalized spacial score (nSPS) is 10.5. The third kappa shape index (κ3) is 4.32. The number of ether oxygens (including phenoxy) is 1. The molecular formula is C16H15NO2. The SMILES string of the molecule is NC(=O)C=Cc1cccc(OCc2ccccc2)c1. The van der Waals surface area contributed by atoms with Gasteiger partial charge in [-0.2, -0.15) is 0 Å². The zero-order chi connectivity index (χ0) is 13.5. The van der Waals surface area contributed by atoms with Gasteiger partial charge in [0, 0.05) is 6.08 Å². The van der Waals surface area contributed by atoms with E-state index in [1.807, 2.05) is 54.6 Å². The predicted molar refractivity (Wildman–Crippen MR) is 75.4 cm³/mol. The van der Waals surface area contributed by atoms with Crippen LogP contribution < -0.4 is 10.5 Å². The van der Waals surface area contributed by atoms with E-state index in [2.05, 4.69) is 0 Å². The van der Waals surface area contributed by atoms with Crippen LogP contribution in [0.2, 0.25) is 0 Å². The Morgan fingerprint density at radius 2 is 1.89 bits per heavy atom. The Hall–Kier alpha value is -2.55. The second-order valence-electron chi connectivity index (χ2n) is 4.08. The Labute approximate surface area is 112 Å². The van der Waals surface area contributed by atoms with Gasteiger partial charge in [0.15, 0.2) is 0 Å². The Morgan fingerprint density at radius 1 is 1.11 bits per heavy atom. The van der Waals surface area contributed by atoms with Crippen molar-refractivity contribution >= 4 is 12.0 Å². The van der Waals surface area contributed by atoms with Gasteiger partial charge in [0.05, 0.1) is 0 Å². The highest BCUT2D eigenvalue weighted by atomic mass is 16.5. The molecule has 0 saturated carbocycles. The fourth-order valence-corrected chi connectivity index (χ4v) is 1.63. The molecule has 3 nitrogen and oxygen atoms in total. The largest absolute Gasteiger partial charge is 0.489 e. The molecule has 19 heavy (non-hydrogen) atoms. The van der Waals surface area contributed by atoms with Crippen molar-refractivity contribution < 1.29 is 9.53 Å². The van der Waals surface area contributed by atoms with Crippen LogP contribution in [-0.2, 0) is 11.4 Å². The fourth-order valence-electron chi connectivity index (χ4n) is 1.63. The smallest absolute Gasteiger partial charge is 0.241 e. The van der Waals surface area contributed by atoms with E-state index in [0.717, 1.165) is 16.9 Å². The van der Waals surface area contributed by atoms with E-state index in [1.54, 1.807) is 6.08 Å². The summed E-state index contributed by atoms with van der Waals surface area (Å²) in [5, 5.41) is 0. The van der Waals surface area contributed by atoms with Crippen LogP contribution in [0.4, 0.5) is 0 Å². The maximum absolute atomic E-state index is 10.7. The van der Waals surface area contributed by atoms with E-state index < -0.39 is 5.91 Å². The quantitative estimate of drug-likeness (QED) is 0.833. The number of hydrogen-bond acceptors (Lipinski definition) is 2. The lowest BCUT2D eigenvalue weighted by molar-refractivity contribution is -0.113. The summed E-state index contributed by atoms with van der Waals surface area (Å²) in [4.78, 5) is 10.7. The van der Waals surface area contributed by atoms with Gasteiger partial charge in [-0.25, -0.2) is 0 Å². The van der Waals surface area contributed by atoms with Crippen molar-refractivity contribution in [2.75, 3.05) is 0 Å². The molecule has 2 aromatic rings. The van der Waals surface area contributed by atoms with Crippen molar-refractivity contribution in [2.24, 2.45) is 5.73 Å². The first-order valence-corrected chi connectivity index (χ1v) is 5.98. The lowest BCUT2D eigenvalue weighted by Gasteiger charge is -2.06. The minimum atomic E-state index is -0.462. The summed E-state index contributed by atoms with van der Waals surface area (Å²) in [7, 11) is 0. The number of primary amides is 1. The van der Waals surface area contributed by atoms with Gasteiger partial charge in [0.25, 0.3) is 0 Å². The zero-order valence-corrected chi connectivity index (χ0v) is 10.5. The van der Waals surface area contributed by atoms with E-state index in [0.29, 0.717) is 6.61 Å². The van der Waals surface area contributed by atoms with Crippen molar-refractivity contribution in [1.82, 2.24) is 0 Å². The van der Waals surface area contributed by atoms with Gasteiger partial charge >= 0.3 is 0 Å². The van der Waals surface area contributed by atoms with E-state index in [9.17, 15) is 4.79 Å². The number of amides is 1. The molecule has 0 unspecified atom stereocenters. The van der Waals surface area contributed by atoms with Gasteiger partial charge in [-0.05, 0) is 29.3 Å². The van der Waals surface area contributed by atoms with Crippen molar-refractivity contribution in [3.63, 3.8) is 0 Å². The monoisotopic (exact) mass is 253 g/mol. The first kappa shape index (κ1) is 12.9. The molecule has 1 amide bonds. The Kier molecular flexibility index (Phi) is 4.34. The van der Waals surface area contributed by atoms with Crippen molar-refractivity contribution in [3.05, 3.63) is 71.8 Å². The van der Waals surface area contributed by atoms with Crippen LogP contribution in [-0.4, -0.2) is 5.91 Å². The number of benzene rings is 2. The van der Waals surface area contributed by atoms with Crippen LogP contribution in [0.15, 0.2) is 60.7 Å². The van der Waals surface area contributed by atoms with Crippen molar-refractivity contribution in [2.45, 2.75) is 6.61 Å². The van der Waals surface area contributed by atoms with E-state index >= 15 is 0 Å². The molecule has 3 heteroatoms. The highest BCUT2D eigenvalue weighted by Crippen LogP contribution is 2.16. The molecule has 0 atom stereocenters. The number of rotatable bonds is 5. The Morgan fingerprint density at radius 3 is 2.63 bits per heavy atom. The predicted octanol–water partition coefficient (Wildman–Crippen LogP) is 2.76. The van der Waals surface area contributed by atoms with Gasteiger partial charge < -0.3 is 10.5 Å². The van der Waals surface area contributed by atoms with Crippen LogP contribution >= 0.6 is 0 Å². The summed E-state index contributed by atoms with van der Waals surface area (Å²) in [6.07, 6.45) is 2.99. The minimum absolute atomic E-state index is 0.462. The summed E-state index contributed by atoms with van der Waals surface area (Å²) in [5.74, 6) is 0.297. The Balaban J connectivity index is 2.01. The van der Waals surface area contributed by atoms with E-state index in [1.165, 1.54) is 6.08 Å². The van der Waals surface area contributed by atoms with Gasteiger partial charge in [-0.1, -0.05) is 42.5 Å². The summed E-state index contributed by atoms with van der Waals surface area (Å²) in [6.45, 7) is 0.518. The van der Waals surface area contributed by atoms with Gasteiger partial charge in [-0.3, -0.25) is 4.79 Å². The lowest BCUT2D eigenvalue weighted by Crippen LogP contribution is -2.05. The Bertz CT molecular complexity index is 576. The van der Waals surface area contributed by atoms with E-state index in [-0.39, 0.29) is 0 Å². The lowest BCUT2D eigenvalue weighted by atomic mass is 10.2. The molecular weight excluding hydrogens is 238 g/mol. The maximum atomic E-state index is 10.7. The highest BCUT2D eigenvalue weighted by molar-refractivity contribution is 5.90. The van der Waals surface area contributed by atoms with Gasteiger partial charge in [0.2, 0.25) is 5.91 Å². The summed E-state index contributed by atoms with van der Waals surface area (Å²) >= 11 is 0. The number of carbonyl (C=O) groups excluding carboxylic acids is 1. The topological polar surface area (TPSA) is 52.3 Å². The third-order valence-corrected chi connectivity index (χ3v) is 2.55. The summed E-state index contributed by atoms with van der Waals surface area (Å²) in [5.41, 5.74) is 7.05. The number of carbonyl (C=O) groups is 1. The first-order valence-electron chi connectivity index (χ1n) is 5.98. The molecule has 0 heterocycles. The standard InChI is InChI=1S/C16H15NO2/c17-16(18)10-9-13-7-4-8-15(11-13)19-12-14-5-2-1-3-6-14/h1-11H,12H2,(H2,17,18). The molecule has 0 aliphatic heterocycles. The molecule has 0 aliphatic rings. The van der Waals surface area contributed by atoms with Crippen LogP contribution in [0.3, 0.4) is 0 Å². The van der Waals surface area contributed by atoms with Crippen molar-refractivity contribution in [3.8, 4) is 5.75 Å². The molecule has 0 aliphatic carbocycles. The number of nitrogens with two attached hydrogens (primary N) is 1. The van der Waals surface area contributed by atoms with Gasteiger partial charge in [0.1, 0.15) is 12.4 Å². The molecule has 2 aromatic carbocycles. The number of hydrogen-bond donors (Lipinski definition) is 1. The molecule has 2 rings (SSSR count). The third-order valence-electron chi connectivity index (χ3n) is 2.55. The average Bonchev–Trinajstić information content (AvgIpc) is 2.44. The van der Waals surface area contributed by atoms with Crippen LogP contribution in [0.5, 0.6) is 5.75 Å². The van der Waals surface area contributed by atoms with Crippen LogP contribution in [0.25, 0.3) is 6.08 Å². The second kappa shape index (κ2) is 6.40. The highest BCUT2D eigenvalue weighted by Gasteiger charge is 1.96. The molecule has 0 spiro atoms. The minimum Gasteiger partial charge on any atom is -0.489 e. The van der Waals surface area contributed by atoms with Crippen LogP contribution in [0.1, 0.15) is 11.1 Å². The van der Waals surface area contributed by atoms with Gasteiger partial charge in [-0.15, -0.1) is 0 Å². The molecule has 0 saturated heterocycles. The molecule has 0 fully saturated rings. The zero-order valence-electron chi connectivity index (χ0n) is 10.5. The van der Waals surface area contributed by atoms with E-state index in [4.69, 9.17) is 10.5 Å². The first-order chi connectivity index (χ1) is 9.24. The molecule has 0 radical (unpaired) electrons. The van der Waals surface area contributed by atoms with Crippen LogP contribution in [0, 0.1) is 0 Å². The maximum Gasteiger partial charge on any atom is 0.241 e. The summed E-state index contributed by atoms with van der Waals surface area (Å²) in [6, 6.07) is 17.4.